The van der Waals surface area contributed by atoms with E-state index in [0.29, 0.717) is 26.1 Å². The number of carboxylic acids is 1. The molecule has 13 nitrogen and oxygen atoms in total. The molecule has 0 aliphatic carbocycles. The third-order valence-corrected chi connectivity index (χ3v) is 8.39. The normalized spacial score (nSPS) is 16.0. The molecule has 1 aliphatic heterocycles. The van der Waals surface area contributed by atoms with Crippen molar-refractivity contribution in [3.63, 3.8) is 0 Å². The Morgan fingerprint density at radius 2 is 1.43 bits per heavy atom. The van der Waals surface area contributed by atoms with Crippen molar-refractivity contribution in [1.29, 1.82) is 0 Å². The van der Waals surface area contributed by atoms with Crippen LogP contribution in [-0.4, -0.2) is 121 Å². The molecule has 288 valence electrons. The van der Waals surface area contributed by atoms with E-state index in [2.05, 4.69) is 4.90 Å². The van der Waals surface area contributed by atoms with Gasteiger partial charge < -0.3 is 33.9 Å². The van der Waals surface area contributed by atoms with Crippen LogP contribution < -0.4 is 4.90 Å². The number of esters is 2. The van der Waals surface area contributed by atoms with Gasteiger partial charge in [0.2, 0.25) is 0 Å². The number of amides is 2. The zero-order chi connectivity index (χ0) is 38.7. The minimum absolute atomic E-state index is 0.00875. The molecule has 2 rings (SSSR count). The van der Waals surface area contributed by atoms with Crippen molar-refractivity contribution in [3.8, 4) is 0 Å². The summed E-state index contributed by atoms with van der Waals surface area (Å²) in [5.74, 6) is -3.87. The fraction of sp³-hybridized carbons (Fsp3) is 0.703. The fourth-order valence-corrected chi connectivity index (χ4v) is 5.39. The van der Waals surface area contributed by atoms with Gasteiger partial charge in [0.15, 0.2) is 12.2 Å². The molecule has 4 atom stereocenters. The summed E-state index contributed by atoms with van der Waals surface area (Å²) >= 11 is 0. The van der Waals surface area contributed by atoms with E-state index in [4.69, 9.17) is 18.9 Å². The predicted octanol–water partition coefficient (Wildman–Crippen LogP) is 5.02. The summed E-state index contributed by atoms with van der Waals surface area (Å²) in [6, 6.07) is 5.13. The summed E-state index contributed by atoms with van der Waals surface area (Å²) < 4.78 is 36.9. The molecule has 0 saturated carbocycles. The number of carboxylic acid groups (broad SMARTS) is 1. The number of carbonyl (C=O) groups is 5. The number of morpholine rings is 1. The van der Waals surface area contributed by atoms with E-state index in [1.165, 1.54) is 34.9 Å². The van der Waals surface area contributed by atoms with E-state index in [9.17, 15) is 29.1 Å². The van der Waals surface area contributed by atoms with Gasteiger partial charge in [0, 0.05) is 39.3 Å². The van der Waals surface area contributed by atoms with Crippen LogP contribution in [0.3, 0.4) is 0 Å². The van der Waals surface area contributed by atoms with Crippen molar-refractivity contribution in [2.45, 2.75) is 123 Å². The minimum atomic E-state index is -1.91. The molecule has 1 aromatic rings. The van der Waals surface area contributed by atoms with Gasteiger partial charge in [-0.05, 0) is 90.8 Å². The van der Waals surface area contributed by atoms with E-state index >= 15 is 4.39 Å². The molecular weight excluding hydrogens is 665 g/mol. The van der Waals surface area contributed by atoms with Crippen molar-refractivity contribution in [2.75, 3.05) is 45.3 Å². The van der Waals surface area contributed by atoms with Crippen molar-refractivity contribution < 1.29 is 52.4 Å². The number of aliphatic carboxylic acids is 1. The lowest BCUT2D eigenvalue weighted by Crippen LogP contribution is -2.52. The molecule has 1 heterocycles. The number of halogens is 1. The number of carbonyl (C=O) groups excluding carboxylic acids is 4. The Hall–Kier alpha value is -3.94. The first-order valence-corrected chi connectivity index (χ1v) is 17.6. The van der Waals surface area contributed by atoms with Crippen molar-refractivity contribution in [3.05, 3.63) is 29.8 Å². The van der Waals surface area contributed by atoms with Crippen LogP contribution in [0, 0.1) is 5.92 Å². The molecule has 14 heteroatoms. The SMILES string of the molecule is CC(C)CC[C@@H](C(=O)O[C@H](C)C(=O)O)N(C)C(=O)[C@@H](CCc1ccc(N2CCOCC2)cc1)OC(=O)[C@H](CC(C)(C)F)N(C)C(=O)OC(C)(C)C. The second-order valence-electron chi connectivity index (χ2n) is 15.1. The summed E-state index contributed by atoms with van der Waals surface area (Å²) in [5.41, 5.74) is -0.946. The van der Waals surface area contributed by atoms with Gasteiger partial charge in [0.05, 0.1) is 13.2 Å². The van der Waals surface area contributed by atoms with Crippen molar-refractivity contribution in [1.82, 2.24) is 9.80 Å². The third kappa shape index (κ3) is 14.7. The van der Waals surface area contributed by atoms with Gasteiger partial charge in [-0.25, -0.2) is 23.6 Å². The van der Waals surface area contributed by atoms with E-state index in [1.54, 1.807) is 20.8 Å². The molecule has 1 saturated heterocycles. The Morgan fingerprint density at radius 1 is 0.863 bits per heavy atom. The van der Waals surface area contributed by atoms with Crippen molar-refractivity contribution >= 4 is 35.6 Å². The molecule has 1 N–H and O–H groups in total. The maximum Gasteiger partial charge on any atom is 0.410 e. The Bertz CT molecular complexity index is 1320. The molecule has 0 unspecified atom stereocenters. The van der Waals surface area contributed by atoms with Gasteiger partial charge in [-0.2, -0.15) is 0 Å². The minimum Gasteiger partial charge on any atom is -0.479 e. The Labute approximate surface area is 301 Å². The van der Waals surface area contributed by atoms with Crippen molar-refractivity contribution in [2.24, 2.45) is 5.92 Å². The second-order valence-corrected chi connectivity index (χ2v) is 15.1. The lowest BCUT2D eigenvalue weighted by atomic mass is 9.99. The maximum absolute atomic E-state index is 15.1. The van der Waals surface area contributed by atoms with Gasteiger partial charge in [-0.3, -0.25) is 9.69 Å². The lowest BCUT2D eigenvalue weighted by molar-refractivity contribution is -0.172. The molecule has 0 spiro atoms. The molecule has 0 radical (unpaired) electrons. The molecule has 1 aromatic carbocycles. The maximum atomic E-state index is 15.1. The zero-order valence-corrected chi connectivity index (χ0v) is 31.9. The average Bonchev–Trinajstić information content (AvgIpc) is 3.04. The van der Waals surface area contributed by atoms with Gasteiger partial charge in [0.1, 0.15) is 23.4 Å². The molecular formula is C37H58FN3O10. The number of ether oxygens (including phenoxy) is 4. The molecule has 0 aromatic heterocycles. The highest BCUT2D eigenvalue weighted by Crippen LogP contribution is 2.25. The topological polar surface area (TPSA) is 152 Å². The third-order valence-electron chi connectivity index (χ3n) is 8.39. The lowest BCUT2D eigenvalue weighted by Gasteiger charge is -2.34. The Balaban J connectivity index is 2.44. The quantitative estimate of drug-likeness (QED) is 0.170. The Morgan fingerprint density at radius 3 is 1.94 bits per heavy atom. The number of likely N-dealkylation sites (N-methyl/N-ethyl adjacent to an activating group) is 2. The largest absolute Gasteiger partial charge is 0.479 e. The summed E-state index contributed by atoms with van der Waals surface area (Å²) in [6.45, 7) is 15.4. The standard InChI is InChI=1S/C37H58FN3O10/c1-24(2)11-17-28(33(45)49-25(3)32(43)44)39(9)31(42)30(18-14-26-12-15-27(16-13-26)41-19-21-48-22-20-41)50-34(46)29(23-37(7,8)38)40(10)35(47)51-36(4,5)6/h12-13,15-16,24-25,28-30H,11,14,17-23H2,1-10H3,(H,43,44)/t25-,28+,29+,30-/m1/s1. The second kappa shape index (κ2) is 19.1. The number of anilines is 1. The smallest absolute Gasteiger partial charge is 0.410 e. The summed E-state index contributed by atoms with van der Waals surface area (Å²) in [5, 5.41) is 9.33. The average molecular weight is 724 g/mol. The molecule has 51 heavy (non-hydrogen) atoms. The molecule has 1 aliphatic rings. The number of benzene rings is 1. The predicted molar refractivity (Wildman–Crippen MR) is 189 cm³/mol. The van der Waals surface area contributed by atoms with Crippen LogP contribution >= 0.6 is 0 Å². The van der Waals surface area contributed by atoms with Gasteiger partial charge >= 0.3 is 24.0 Å². The van der Waals surface area contributed by atoms with Crippen LogP contribution in [0.1, 0.15) is 86.6 Å². The van der Waals surface area contributed by atoms with E-state index in [1.807, 2.05) is 38.1 Å². The van der Waals surface area contributed by atoms with Gasteiger partial charge in [0.25, 0.3) is 5.91 Å². The Kier molecular flexibility index (Phi) is 16.1. The van der Waals surface area contributed by atoms with E-state index < -0.39 is 71.9 Å². The van der Waals surface area contributed by atoms with E-state index in [-0.39, 0.29) is 18.8 Å². The first-order valence-electron chi connectivity index (χ1n) is 17.6. The summed E-state index contributed by atoms with van der Waals surface area (Å²) in [4.78, 5) is 70.0. The van der Waals surface area contributed by atoms with E-state index in [0.717, 1.165) is 34.1 Å². The molecule has 0 bridgehead atoms. The first kappa shape index (κ1) is 43.2. The number of rotatable bonds is 17. The summed E-state index contributed by atoms with van der Waals surface area (Å²) in [6.07, 6.45) is -3.28. The molecule has 2 amide bonds. The number of hydrogen-bond acceptors (Lipinski definition) is 10. The van der Waals surface area contributed by atoms with Crippen LogP contribution in [0.2, 0.25) is 0 Å². The molecule has 1 fully saturated rings. The monoisotopic (exact) mass is 723 g/mol. The first-order chi connectivity index (χ1) is 23.6. The number of alkyl halides is 1. The van der Waals surface area contributed by atoms with Crippen LogP contribution in [-0.2, 0) is 44.5 Å². The fourth-order valence-electron chi connectivity index (χ4n) is 5.39. The van der Waals surface area contributed by atoms with Crippen LogP contribution in [0.25, 0.3) is 0 Å². The number of hydrogen-bond donors (Lipinski definition) is 1. The summed E-state index contributed by atoms with van der Waals surface area (Å²) in [7, 11) is 2.67. The highest BCUT2D eigenvalue weighted by Gasteiger charge is 2.40. The van der Waals surface area contributed by atoms with Gasteiger partial charge in [-0.15, -0.1) is 0 Å². The van der Waals surface area contributed by atoms with Crippen LogP contribution in [0.5, 0.6) is 0 Å². The highest BCUT2D eigenvalue weighted by atomic mass is 19.1. The van der Waals surface area contributed by atoms with Gasteiger partial charge in [-0.1, -0.05) is 26.0 Å². The van der Waals surface area contributed by atoms with Crippen LogP contribution in [0.4, 0.5) is 14.9 Å². The number of nitrogens with zero attached hydrogens (tertiary/aromatic N) is 3. The number of aryl methyl sites for hydroxylation is 1. The van der Waals surface area contributed by atoms with Crippen LogP contribution in [0.15, 0.2) is 24.3 Å². The zero-order valence-electron chi connectivity index (χ0n) is 31.9. The highest BCUT2D eigenvalue weighted by molar-refractivity contribution is 5.90.